The minimum atomic E-state index is -0.530. The second-order valence-corrected chi connectivity index (χ2v) is 8.00. The van der Waals surface area contributed by atoms with Crippen molar-refractivity contribution in [1.82, 2.24) is 14.5 Å². The van der Waals surface area contributed by atoms with Crippen molar-refractivity contribution in [1.29, 1.82) is 5.41 Å². The Labute approximate surface area is 179 Å². The summed E-state index contributed by atoms with van der Waals surface area (Å²) in [7, 11) is 1.67. The molecule has 156 valence electrons. The zero-order valence-corrected chi connectivity index (χ0v) is 17.9. The topological polar surface area (TPSA) is 91.9 Å². The molecular weight excluding hydrogens is 402 g/mol. The molecule has 0 radical (unpaired) electrons. The molecule has 4 rings (SSSR count). The number of aromatic nitrogens is 3. The van der Waals surface area contributed by atoms with Crippen LogP contribution in [0.3, 0.4) is 0 Å². The number of anilines is 1. The molecular formula is C22H24ClN5O2. The Bertz CT molecular complexity index is 1240. The Morgan fingerprint density at radius 1 is 1.30 bits per heavy atom. The summed E-state index contributed by atoms with van der Waals surface area (Å²) in [6, 6.07) is 13.7. The normalized spacial score (nSPS) is 13.5. The Kier molecular flexibility index (Phi) is 5.40. The van der Waals surface area contributed by atoms with E-state index in [0.29, 0.717) is 24.1 Å². The molecule has 2 heterocycles. The summed E-state index contributed by atoms with van der Waals surface area (Å²) in [6.07, 6.45) is 1.58. The van der Waals surface area contributed by atoms with Gasteiger partial charge < -0.3 is 19.5 Å². The Hall–Kier alpha value is -3.03. The maximum atomic E-state index is 7.96. The van der Waals surface area contributed by atoms with E-state index in [-0.39, 0.29) is 5.68 Å². The molecule has 7 nitrogen and oxygen atoms in total. The molecule has 0 aliphatic carbocycles. The van der Waals surface area contributed by atoms with E-state index in [2.05, 4.69) is 10.3 Å². The van der Waals surface area contributed by atoms with Crippen LogP contribution < -0.4 is 11.0 Å². The van der Waals surface area contributed by atoms with Gasteiger partial charge in [0.2, 0.25) is 5.95 Å². The van der Waals surface area contributed by atoms with E-state index in [1.54, 1.807) is 17.9 Å². The molecule has 1 atom stereocenters. The van der Waals surface area contributed by atoms with Crippen LogP contribution in [0.4, 0.5) is 5.95 Å². The minimum absolute atomic E-state index is 0.118. The molecule has 4 aromatic rings. The van der Waals surface area contributed by atoms with Gasteiger partial charge in [-0.15, -0.1) is 0 Å². The van der Waals surface area contributed by atoms with Crippen LogP contribution >= 0.6 is 11.6 Å². The van der Waals surface area contributed by atoms with Gasteiger partial charge in [-0.1, -0.05) is 35.9 Å². The fraction of sp³-hybridized carbons (Fsp3) is 0.273. The van der Waals surface area contributed by atoms with Gasteiger partial charge in [0, 0.05) is 12.1 Å². The van der Waals surface area contributed by atoms with Gasteiger partial charge in [-0.05, 0) is 43.2 Å². The van der Waals surface area contributed by atoms with Crippen LogP contribution in [0, 0.1) is 12.3 Å². The monoisotopic (exact) mass is 425 g/mol. The number of hydrogen-bond acceptors (Lipinski definition) is 5. The second-order valence-electron chi connectivity index (χ2n) is 7.57. The molecule has 0 fully saturated rings. The molecule has 0 bridgehead atoms. The van der Waals surface area contributed by atoms with Crippen LogP contribution in [-0.4, -0.2) is 28.3 Å². The minimum Gasteiger partial charge on any atom is -0.432 e. The number of fused-ring (bicyclic) bond motifs is 1. The van der Waals surface area contributed by atoms with E-state index >= 15 is 0 Å². The fourth-order valence-corrected chi connectivity index (χ4v) is 3.84. The lowest BCUT2D eigenvalue weighted by molar-refractivity contribution is 0.150. The molecule has 0 aliphatic rings. The molecule has 2 aromatic carbocycles. The highest BCUT2D eigenvalue weighted by Crippen LogP contribution is 2.29. The number of hydrogen-bond donors (Lipinski definition) is 3. The lowest BCUT2D eigenvalue weighted by Gasteiger charge is -2.30. The van der Waals surface area contributed by atoms with Crippen molar-refractivity contribution in [3.8, 4) is 0 Å². The Balaban J connectivity index is 1.70. The van der Waals surface area contributed by atoms with Crippen LogP contribution in [-0.2, 0) is 16.8 Å². The number of ether oxygens (including phenoxy) is 1. The largest absolute Gasteiger partial charge is 0.432 e. The predicted octanol–water partition coefficient (Wildman–Crippen LogP) is 4.42. The number of aryl methyl sites for hydroxylation is 1. The van der Waals surface area contributed by atoms with Crippen LogP contribution in [0.5, 0.6) is 0 Å². The fourth-order valence-electron chi connectivity index (χ4n) is 3.65. The first kappa shape index (κ1) is 20.3. The van der Waals surface area contributed by atoms with Crippen molar-refractivity contribution >= 4 is 28.6 Å². The number of rotatable bonds is 7. The number of nitrogens with one attached hydrogen (secondary N) is 3. The van der Waals surface area contributed by atoms with Gasteiger partial charge in [-0.2, -0.15) is 0 Å². The summed E-state index contributed by atoms with van der Waals surface area (Å²) in [4.78, 5) is 8.16. The van der Waals surface area contributed by atoms with Gasteiger partial charge >= 0.3 is 0 Å². The molecule has 0 amide bonds. The number of oxazole rings is 1. The average molecular weight is 426 g/mol. The van der Waals surface area contributed by atoms with Crippen LogP contribution in [0.15, 0.2) is 53.1 Å². The average Bonchev–Trinajstić information content (AvgIpc) is 3.26. The molecule has 0 spiro atoms. The number of imidazole rings is 1. The lowest BCUT2D eigenvalue weighted by Crippen LogP contribution is -2.37. The first-order valence-electron chi connectivity index (χ1n) is 9.60. The van der Waals surface area contributed by atoms with Gasteiger partial charge in [0.1, 0.15) is 6.26 Å². The summed E-state index contributed by atoms with van der Waals surface area (Å²) in [5.74, 6) is 0.636. The van der Waals surface area contributed by atoms with Crippen molar-refractivity contribution in [2.45, 2.75) is 25.9 Å². The quantitative estimate of drug-likeness (QED) is 0.408. The van der Waals surface area contributed by atoms with Gasteiger partial charge in [0.05, 0.1) is 35.4 Å². The number of halogens is 1. The molecule has 3 N–H and O–H groups in total. The highest BCUT2D eigenvalue weighted by atomic mass is 35.5. The van der Waals surface area contributed by atoms with Crippen molar-refractivity contribution in [3.63, 3.8) is 0 Å². The van der Waals surface area contributed by atoms with Crippen LogP contribution in [0.25, 0.3) is 11.0 Å². The molecule has 0 aliphatic heterocycles. The summed E-state index contributed by atoms with van der Waals surface area (Å²) in [5, 5.41) is 12.1. The van der Waals surface area contributed by atoms with Crippen LogP contribution in [0.1, 0.15) is 23.7 Å². The number of methoxy groups -OCH3 is 1. The second kappa shape index (κ2) is 8.01. The van der Waals surface area contributed by atoms with E-state index in [0.717, 1.165) is 27.9 Å². The zero-order chi connectivity index (χ0) is 21.3. The number of benzene rings is 2. The van der Waals surface area contributed by atoms with Gasteiger partial charge in [0.25, 0.3) is 5.68 Å². The van der Waals surface area contributed by atoms with E-state index in [4.69, 9.17) is 31.1 Å². The summed E-state index contributed by atoms with van der Waals surface area (Å²) in [6.45, 7) is 4.91. The third-order valence-electron chi connectivity index (χ3n) is 5.23. The van der Waals surface area contributed by atoms with Gasteiger partial charge in [-0.3, -0.25) is 9.98 Å². The third-order valence-corrected chi connectivity index (χ3v) is 5.46. The molecule has 1 unspecified atom stereocenters. The number of aromatic amines is 1. The van der Waals surface area contributed by atoms with Gasteiger partial charge in [0.15, 0.2) is 0 Å². The van der Waals surface area contributed by atoms with E-state index < -0.39 is 5.54 Å². The number of para-hydroxylation sites is 1. The summed E-state index contributed by atoms with van der Waals surface area (Å²) in [5.41, 5.74) is 4.23. The van der Waals surface area contributed by atoms with E-state index in [1.807, 2.05) is 56.3 Å². The Morgan fingerprint density at radius 3 is 2.80 bits per heavy atom. The molecule has 0 saturated heterocycles. The first-order valence-corrected chi connectivity index (χ1v) is 9.98. The third kappa shape index (κ3) is 3.86. The van der Waals surface area contributed by atoms with Crippen molar-refractivity contribution in [3.05, 3.63) is 76.3 Å². The summed E-state index contributed by atoms with van der Waals surface area (Å²) < 4.78 is 12.5. The molecule has 30 heavy (non-hydrogen) atoms. The lowest BCUT2D eigenvalue weighted by atomic mass is 9.93. The maximum Gasteiger partial charge on any atom is 0.294 e. The maximum absolute atomic E-state index is 7.96. The summed E-state index contributed by atoms with van der Waals surface area (Å²) >= 11 is 6.21. The SMILES string of the molecule is COCC(C)(Nc1nc2c(Cn3c(C)coc3=N)cccc2[nH]1)c1cccc(Cl)c1. The van der Waals surface area contributed by atoms with Gasteiger partial charge in [-0.25, -0.2) is 4.98 Å². The molecule has 8 heteroatoms. The highest BCUT2D eigenvalue weighted by molar-refractivity contribution is 6.30. The van der Waals surface area contributed by atoms with E-state index in [1.165, 1.54) is 0 Å². The molecule has 2 aromatic heterocycles. The van der Waals surface area contributed by atoms with Crippen LogP contribution in [0.2, 0.25) is 5.02 Å². The molecule has 0 saturated carbocycles. The van der Waals surface area contributed by atoms with Crippen molar-refractivity contribution in [2.24, 2.45) is 0 Å². The van der Waals surface area contributed by atoms with E-state index in [9.17, 15) is 0 Å². The first-order chi connectivity index (χ1) is 14.4. The smallest absolute Gasteiger partial charge is 0.294 e. The zero-order valence-electron chi connectivity index (χ0n) is 17.1. The predicted molar refractivity (Wildman–Crippen MR) is 117 cm³/mol. The standard InChI is InChI=1S/C22H24ClN5O2/c1-14-12-30-20(24)28(14)11-15-6-4-9-18-19(15)26-21(25-18)27-22(2,13-29-3)16-7-5-8-17(23)10-16/h4-10,12,24H,11,13H2,1-3H3,(H2,25,26,27). The highest BCUT2D eigenvalue weighted by Gasteiger charge is 2.28. The van der Waals surface area contributed by atoms with Crippen molar-refractivity contribution in [2.75, 3.05) is 19.0 Å². The number of nitrogens with zero attached hydrogens (tertiary/aromatic N) is 2. The number of H-pyrrole nitrogens is 1. The Morgan fingerprint density at radius 2 is 2.10 bits per heavy atom. The van der Waals surface area contributed by atoms with Crippen molar-refractivity contribution < 1.29 is 9.15 Å².